The molecule has 0 bridgehead atoms. The van der Waals surface area contributed by atoms with Gasteiger partial charge in [-0.1, -0.05) is 0 Å². The maximum absolute atomic E-state index is 14.0. The summed E-state index contributed by atoms with van der Waals surface area (Å²) in [5, 5.41) is 13.8. The Balaban J connectivity index is 2.02. The fourth-order valence-electron chi connectivity index (χ4n) is 2.86. The van der Waals surface area contributed by atoms with Crippen LogP contribution in [0.25, 0.3) is 28.2 Å². The number of nitrogens with one attached hydrogen (secondary N) is 1. The highest BCUT2D eigenvalue weighted by molar-refractivity contribution is 5.83. The number of hydrogen-bond acceptors (Lipinski definition) is 4. The topological polar surface area (TPSA) is 96.3 Å². The molecule has 0 saturated heterocycles. The molecule has 0 atom stereocenters. The van der Waals surface area contributed by atoms with Crippen LogP contribution < -0.4 is 5.73 Å². The molecule has 4 rings (SSSR count). The third-order valence-electron chi connectivity index (χ3n) is 4.03. The summed E-state index contributed by atoms with van der Waals surface area (Å²) < 4.78 is 15.6. The molecule has 0 saturated carbocycles. The van der Waals surface area contributed by atoms with Gasteiger partial charge in [0.2, 0.25) is 0 Å². The van der Waals surface area contributed by atoms with Crippen LogP contribution in [0.1, 0.15) is 5.56 Å². The summed E-state index contributed by atoms with van der Waals surface area (Å²) in [4.78, 5) is 7.35. The van der Waals surface area contributed by atoms with Gasteiger partial charge >= 0.3 is 0 Å². The quantitative estimate of drug-likeness (QED) is 0.594. The van der Waals surface area contributed by atoms with E-state index in [9.17, 15) is 9.65 Å². The van der Waals surface area contributed by atoms with Crippen molar-refractivity contribution in [2.75, 3.05) is 5.73 Å². The fourth-order valence-corrected chi connectivity index (χ4v) is 2.86. The van der Waals surface area contributed by atoms with Crippen LogP contribution in [0.5, 0.6) is 0 Å². The highest BCUT2D eigenvalue weighted by atomic mass is 19.1. The van der Waals surface area contributed by atoms with E-state index in [1.807, 2.05) is 12.1 Å². The summed E-state index contributed by atoms with van der Waals surface area (Å²) in [6.07, 6.45) is 5.14. The Bertz CT molecular complexity index is 1110. The molecule has 1 aromatic carbocycles. The average Bonchev–Trinajstić information content (AvgIpc) is 3.34. The van der Waals surface area contributed by atoms with Crippen LogP contribution in [0.15, 0.2) is 61.1 Å². The predicted molar refractivity (Wildman–Crippen MR) is 95.7 cm³/mol. The van der Waals surface area contributed by atoms with Crippen molar-refractivity contribution in [1.29, 1.82) is 5.26 Å². The van der Waals surface area contributed by atoms with Crippen LogP contribution in [0.3, 0.4) is 0 Å². The van der Waals surface area contributed by atoms with Crippen molar-refractivity contribution in [3.05, 3.63) is 72.4 Å². The third-order valence-corrected chi connectivity index (χ3v) is 4.03. The average molecular weight is 344 g/mol. The molecule has 0 aliphatic carbocycles. The van der Waals surface area contributed by atoms with Gasteiger partial charge < -0.3 is 10.7 Å². The minimum Gasteiger partial charge on any atom is -0.383 e. The highest BCUT2D eigenvalue weighted by Gasteiger charge is 2.18. The Kier molecular flexibility index (Phi) is 3.71. The van der Waals surface area contributed by atoms with E-state index in [1.165, 1.54) is 12.1 Å². The maximum atomic E-state index is 14.0. The Morgan fingerprint density at radius 2 is 2.04 bits per heavy atom. The monoisotopic (exact) mass is 344 g/mol. The number of pyridine rings is 1. The summed E-state index contributed by atoms with van der Waals surface area (Å²) in [5.74, 6) is -0.332. The molecule has 7 heteroatoms. The molecule has 3 heterocycles. The van der Waals surface area contributed by atoms with Crippen LogP contribution >= 0.6 is 0 Å². The summed E-state index contributed by atoms with van der Waals surface area (Å²) in [6.45, 7) is 0. The van der Waals surface area contributed by atoms with Crippen molar-refractivity contribution in [2.24, 2.45) is 0 Å². The van der Waals surface area contributed by atoms with Gasteiger partial charge in [-0.05, 0) is 42.5 Å². The van der Waals surface area contributed by atoms with E-state index >= 15 is 0 Å². The zero-order valence-electron chi connectivity index (χ0n) is 13.5. The molecule has 0 fully saturated rings. The molecule has 3 N–H and O–H groups in total. The number of nitrogen functional groups attached to an aromatic ring is 1. The number of halogens is 1. The molecular weight excluding hydrogens is 331 g/mol. The second kappa shape index (κ2) is 6.18. The van der Waals surface area contributed by atoms with Gasteiger partial charge in [-0.2, -0.15) is 10.4 Å². The maximum Gasteiger partial charge on any atom is 0.142 e. The zero-order chi connectivity index (χ0) is 18.1. The lowest BCUT2D eigenvalue weighted by Crippen LogP contribution is -2.03. The zero-order valence-corrected chi connectivity index (χ0v) is 13.5. The molecule has 6 nitrogen and oxygen atoms in total. The van der Waals surface area contributed by atoms with Crippen molar-refractivity contribution in [2.45, 2.75) is 0 Å². The van der Waals surface area contributed by atoms with Gasteiger partial charge in [0.15, 0.2) is 0 Å². The van der Waals surface area contributed by atoms with Crippen molar-refractivity contribution in [3.63, 3.8) is 0 Å². The Hall–Kier alpha value is -3.92. The standard InChI is InChI=1S/C19H13FN6/c20-12-4-5-18(26-8-2-7-24-26)14(9-12)13-10-17(16-3-1-6-23-16)25-19(22)15(13)11-21/h1-10,23H,(H2,22,25). The number of aromatic nitrogens is 4. The fraction of sp³-hybridized carbons (Fsp3) is 0. The SMILES string of the molecule is N#Cc1c(-c2cc(F)ccc2-n2cccn2)cc(-c2ccc[nH]2)nc1N. The second-order valence-electron chi connectivity index (χ2n) is 5.62. The first-order chi connectivity index (χ1) is 12.7. The van der Waals surface area contributed by atoms with Gasteiger partial charge in [-0.15, -0.1) is 0 Å². The van der Waals surface area contributed by atoms with Crippen molar-refractivity contribution < 1.29 is 4.39 Å². The van der Waals surface area contributed by atoms with E-state index < -0.39 is 5.82 Å². The van der Waals surface area contributed by atoms with Crippen LogP contribution in [-0.2, 0) is 0 Å². The van der Waals surface area contributed by atoms with E-state index in [-0.39, 0.29) is 11.4 Å². The van der Waals surface area contributed by atoms with Gasteiger partial charge in [-0.25, -0.2) is 14.1 Å². The van der Waals surface area contributed by atoms with E-state index in [0.29, 0.717) is 22.5 Å². The molecule has 26 heavy (non-hydrogen) atoms. The molecule has 0 radical (unpaired) electrons. The van der Waals surface area contributed by atoms with Crippen LogP contribution in [0.4, 0.5) is 10.2 Å². The molecule has 0 aliphatic heterocycles. The smallest absolute Gasteiger partial charge is 0.142 e. The summed E-state index contributed by atoms with van der Waals surface area (Å²) in [7, 11) is 0. The van der Waals surface area contributed by atoms with E-state index in [4.69, 9.17) is 5.73 Å². The number of hydrogen-bond donors (Lipinski definition) is 2. The number of benzene rings is 1. The van der Waals surface area contributed by atoms with Gasteiger partial charge in [0.1, 0.15) is 23.3 Å². The lowest BCUT2D eigenvalue weighted by Gasteiger charge is -2.14. The Morgan fingerprint density at radius 1 is 1.15 bits per heavy atom. The number of aromatic amines is 1. The normalized spacial score (nSPS) is 10.6. The van der Waals surface area contributed by atoms with Gasteiger partial charge in [0.25, 0.3) is 0 Å². The lowest BCUT2D eigenvalue weighted by atomic mass is 9.98. The van der Waals surface area contributed by atoms with Crippen molar-refractivity contribution in [3.8, 4) is 34.3 Å². The first kappa shape index (κ1) is 15.6. The number of anilines is 1. The van der Waals surface area contributed by atoms with Crippen LogP contribution in [0.2, 0.25) is 0 Å². The van der Waals surface area contributed by atoms with Crippen molar-refractivity contribution >= 4 is 5.82 Å². The number of nitrogens with zero attached hydrogens (tertiary/aromatic N) is 4. The van der Waals surface area contributed by atoms with Crippen LogP contribution in [0, 0.1) is 17.1 Å². The van der Waals surface area contributed by atoms with Gasteiger partial charge in [0, 0.05) is 29.7 Å². The van der Waals surface area contributed by atoms with Crippen molar-refractivity contribution in [1.82, 2.24) is 19.7 Å². The molecule has 0 amide bonds. The highest BCUT2D eigenvalue weighted by Crippen LogP contribution is 2.34. The third kappa shape index (κ3) is 2.59. The van der Waals surface area contributed by atoms with E-state index in [0.717, 1.165) is 5.69 Å². The minimum absolute atomic E-state index is 0.0882. The summed E-state index contributed by atoms with van der Waals surface area (Å²) in [6, 6.07) is 13.6. The first-order valence-electron chi connectivity index (χ1n) is 7.81. The number of nitrogens with two attached hydrogens (primary N) is 1. The largest absolute Gasteiger partial charge is 0.383 e. The lowest BCUT2D eigenvalue weighted by molar-refractivity contribution is 0.627. The molecule has 4 aromatic rings. The van der Waals surface area contributed by atoms with E-state index in [2.05, 4.69) is 21.1 Å². The second-order valence-corrected chi connectivity index (χ2v) is 5.62. The molecule has 0 unspecified atom stereocenters. The Morgan fingerprint density at radius 3 is 2.73 bits per heavy atom. The molecule has 3 aromatic heterocycles. The predicted octanol–water partition coefficient (Wildman–Crippen LogP) is 3.52. The summed E-state index contributed by atoms with van der Waals surface area (Å²) in [5.41, 5.74) is 9.17. The van der Waals surface area contributed by atoms with E-state index in [1.54, 1.807) is 41.5 Å². The molecule has 126 valence electrons. The molecular formula is C19H13FN6. The molecule has 0 aliphatic rings. The van der Waals surface area contributed by atoms with Gasteiger partial charge in [-0.3, -0.25) is 0 Å². The minimum atomic E-state index is -0.420. The number of nitriles is 1. The Labute approximate surface area is 148 Å². The summed E-state index contributed by atoms with van der Waals surface area (Å²) >= 11 is 0. The number of H-pyrrole nitrogens is 1. The molecule has 0 spiro atoms. The first-order valence-corrected chi connectivity index (χ1v) is 7.81. The number of rotatable bonds is 3. The van der Waals surface area contributed by atoms with Gasteiger partial charge in [0.05, 0.1) is 17.1 Å². The van der Waals surface area contributed by atoms with Crippen LogP contribution in [-0.4, -0.2) is 19.7 Å².